The predicted octanol–water partition coefficient (Wildman–Crippen LogP) is 2.40. The Kier molecular flexibility index (Phi) is 9.14. The van der Waals surface area contributed by atoms with Crippen molar-refractivity contribution in [1.29, 1.82) is 0 Å². The van der Waals surface area contributed by atoms with E-state index >= 15 is 0 Å². The molecule has 108 valence electrons. The van der Waals surface area contributed by atoms with E-state index in [1.807, 2.05) is 6.07 Å². The highest BCUT2D eigenvalue weighted by atomic mass is 35.5. The molecule has 7 heteroatoms. The average molecular weight is 328 g/mol. The molecule has 0 aliphatic rings. The maximum Gasteiger partial charge on any atom is 0.236 e. The Bertz CT molecular complexity index is 414. The highest BCUT2D eigenvalue weighted by Crippen LogP contribution is 2.21. The van der Waals surface area contributed by atoms with Gasteiger partial charge in [0.2, 0.25) is 5.91 Å². The molecule has 0 saturated heterocycles. The minimum atomic E-state index is -0.504. The summed E-state index contributed by atoms with van der Waals surface area (Å²) in [5.41, 5.74) is 6.25. The van der Waals surface area contributed by atoms with Crippen molar-refractivity contribution in [2.45, 2.75) is 19.6 Å². The summed E-state index contributed by atoms with van der Waals surface area (Å²) in [6.45, 7) is 2.83. The van der Waals surface area contributed by atoms with Crippen molar-refractivity contribution in [3.63, 3.8) is 0 Å². The van der Waals surface area contributed by atoms with Crippen LogP contribution in [-0.2, 0) is 16.1 Å². The van der Waals surface area contributed by atoms with Crippen molar-refractivity contribution in [1.82, 2.24) is 5.32 Å². The van der Waals surface area contributed by atoms with Gasteiger partial charge in [-0.25, -0.2) is 0 Å². The van der Waals surface area contributed by atoms with Crippen molar-refractivity contribution in [3.05, 3.63) is 33.8 Å². The predicted molar refractivity (Wildman–Crippen MR) is 80.0 cm³/mol. The highest BCUT2D eigenvalue weighted by Gasteiger charge is 2.05. The first kappa shape index (κ1) is 18.5. The number of halogens is 3. The standard InChI is InChI=1S/C12H16Cl2N2O2.ClH/c1-8(15)12(17)16-4-5-18-7-9-2-3-10(13)6-11(9)14;/h2-3,6,8H,4-5,7,15H2,1H3,(H,16,17);1H. The minimum Gasteiger partial charge on any atom is -0.375 e. The summed E-state index contributed by atoms with van der Waals surface area (Å²) in [6, 6.07) is 4.73. The number of carbonyl (C=O) groups is 1. The minimum absolute atomic E-state index is 0. The van der Waals surface area contributed by atoms with Gasteiger partial charge in [-0.05, 0) is 24.6 Å². The molecule has 0 aliphatic carbocycles. The summed E-state index contributed by atoms with van der Waals surface area (Å²) in [7, 11) is 0. The van der Waals surface area contributed by atoms with Gasteiger partial charge < -0.3 is 15.8 Å². The van der Waals surface area contributed by atoms with Crippen LogP contribution in [0.25, 0.3) is 0 Å². The van der Waals surface area contributed by atoms with Crippen LogP contribution in [0.15, 0.2) is 18.2 Å². The van der Waals surface area contributed by atoms with Gasteiger partial charge in [0.15, 0.2) is 0 Å². The molecule has 0 saturated carbocycles. The van der Waals surface area contributed by atoms with Crippen LogP contribution in [0.4, 0.5) is 0 Å². The number of hydrogen-bond donors (Lipinski definition) is 2. The summed E-state index contributed by atoms with van der Waals surface area (Å²) in [5.74, 6) is -0.192. The van der Waals surface area contributed by atoms with E-state index in [4.69, 9.17) is 33.7 Å². The SMILES string of the molecule is CC(N)C(=O)NCCOCc1ccc(Cl)cc1Cl.Cl. The van der Waals surface area contributed by atoms with E-state index in [9.17, 15) is 4.79 Å². The van der Waals surface area contributed by atoms with E-state index in [0.29, 0.717) is 29.8 Å². The Morgan fingerprint density at radius 3 is 2.74 bits per heavy atom. The van der Waals surface area contributed by atoms with E-state index in [0.717, 1.165) is 5.56 Å². The van der Waals surface area contributed by atoms with Crippen molar-refractivity contribution in [2.24, 2.45) is 5.73 Å². The van der Waals surface area contributed by atoms with Crippen molar-refractivity contribution in [2.75, 3.05) is 13.2 Å². The van der Waals surface area contributed by atoms with Gasteiger partial charge in [0, 0.05) is 16.6 Å². The van der Waals surface area contributed by atoms with E-state index < -0.39 is 6.04 Å². The summed E-state index contributed by atoms with van der Waals surface area (Å²) >= 11 is 11.8. The van der Waals surface area contributed by atoms with Crippen LogP contribution < -0.4 is 11.1 Å². The lowest BCUT2D eigenvalue weighted by Gasteiger charge is -2.09. The Morgan fingerprint density at radius 1 is 1.47 bits per heavy atom. The van der Waals surface area contributed by atoms with Gasteiger partial charge in [-0.2, -0.15) is 0 Å². The third kappa shape index (κ3) is 6.99. The molecular formula is C12H17Cl3N2O2. The highest BCUT2D eigenvalue weighted by molar-refractivity contribution is 6.35. The molecule has 0 aromatic heterocycles. The van der Waals surface area contributed by atoms with Gasteiger partial charge in [0.05, 0.1) is 19.3 Å². The topological polar surface area (TPSA) is 64.4 Å². The lowest BCUT2D eigenvalue weighted by Crippen LogP contribution is -2.39. The molecule has 1 rings (SSSR count). The number of rotatable bonds is 6. The summed E-state index contributed by atoms with van der Waals surface area (Å²) in [5, 5.41) is 3.81. The number of hydrogen-bond acceptors (Lipinski definition) is 3. The molecule has 1 unspecified atom stereocenters. The van der Waals surface area contributed by atoms with Crippen molar-refractivity contribution < 1.29 is 9.53 Å². The van der Waals surface area contributed by atoms with Crippen molar-refractivity contribution >= 4 is 41.5 Å². The molecule has 0 radical (unpaired) electrons. The molecule has 1 aromatic carbocycles. The fourth-order valence-electron chi connectivity index (χ4n) is 1.23. The zero-order chi connectivity index (χ0) is 13.5. The van der Waals surface area contributed by atoms with Gasteiger partial charge in [-0.15, -0.1) is 12.4 Å². The number of ether oxygens (including phenoxy) is 1. The maximum atomic E-state index is 11.1. The fraction of sp³-hybridized carbons (Fsp3) is 0.417. The number of nitrogens with two attached hydrogens (primary N) is 1. The first-order chi connectivity index (χ1) is 8.50. The lowest BCUT2D eigenvalue weighted by atomic mass is 10.2. The second-order valence-corrected chi connectivity index (χ2v) is 4.71. The molecule has 0 fully saturated rings. The van der Waals surface area contributed by atoms with Crippen LogP contribution in [0.2, 0.25) is 10.0 Å². The van der Waals surface area contributed by atoms with Gasteiger partial charge in [0.1, 0.15) is 0 Å². The molecule has 1 atom stereocenters. The monoisotopic (exact) mass is 326 g/mol. The number of carbonyl (C=O) groups excluding carboxylic acids is 1. The largest absolute Gasteiger partial charge is 0.375 e. The maximum absolute atomic E-state index is 11.1. The average Bonchev–Trinajstić information content (AvgIpc) is 2.30. The molecule has 4 nitrogen and oxygen atoms in total. The van der Waals surface area contributed by atoms with E-state index in [2.05, 4.69) is 5.32 Å². The summed E-state index contributed by atoms with van der Waals surface area (Å²) < 4.78 is 5.39. The molecule has 0 bridgehead atoms. The van der Waals surface area contributed by atoms with Crippen LogP contribution >= 0.6 is 35.6 Å². The number of nitrogens with one attached hydrogen (secondary N) is 1. The zero-order valence-electron chi connectivity index (χ0n) is 10.5. The van der Waals surface area contributed by atoms with Crippen LogP contribution in [0.5, 0.6) is 0 Å². The van der Waals surface area contributed by atoms with E-state index in [-0.39, 0.29) is 18.3 Å². The number of benzene rings is 1. The Labute approximate surface area is 129 Å². The Balaban J connectivity index is 0.00000324. The van der Waals surface area contributed by atoms with Crippen LogP contribution in [-0.4, -0.2) is 25.1 Å². The third-order valence-corrected chi connectivity index (χ3v) is 2.82. The normalized spacial score (nSPS) is 11.6. The first-order valence-corrected chi connectivity index (χ1v) is 6.31. The quantitative estimate of drug-likeness (QED) is 0.789. The Morgan fingerprint density at radius 2 is 2.16 bits per heavy atom. The molecule has 1 aromatic rings. The van der Waals surface area contributed by atoms with Gasteiger partial charge in [-0.3, -0.25) is 4.79 Å². The summed E-state index contributed by atoms with van der Waals surface area (Å²) in [4.78, 5) is 11.1. The number of amides is 1. The van der Waals surface area contributed by atoms with Crippen LogP contribution in [0.3, 0.4) is 0 Å². The molecular weight excluding hydrogens is 311 g/mol. The zero-order valence-corrected chi connectivity index (χ0v) is 12.8. The molecule has 0 heterocycles. The van der Waals surface area contributed by atoms with Gasteiger partial charge in [0.25, 0.3) is 0 Å². The second kappa shape index (κ2) is 9.39. The van der Waals surface area contributed by atoms with Gasteiger partial charge >= 0.3 is 0 Å². The molecule has 0 aliphatic heterocycles. The van der Waals surface area contributed by atoms with Crippen LogP contribution in [0, 0.1) is 0 Å². The van der Waals surface area contributed by atoms with Crippen LogP contribution in [0.1, 0.15) is 12.5 Å². The third-order valence-electron chi connectivity index (χ3n) is 2.23. The fourth-order valence-corrected chi connectivity index (χ4v) is 1.69. The van der Waals surface area contributed by atoms with E-state index in [1.165, 1.54) is 0 Å². The molecule has 19 heavy (non-hydrogen) atoms. The first-order valence-electron chi connectivity index (χ1n) is 5.55. The molecule has 1 amide bonds. The second-order valence-electron chi connectivity index (χ2n) is 3.87. The van der Waals surface area contributed by atoms with Crippen molar-refractivity contribution in [3.8, 4) is 0 Å². The summed E-state index contributed by atoms with van der Waals surface area (Å²) in [6.07, 6.45) is 0. The Hall–Kier alpha value is -0.520. The molecule has 0 spiro atoms. The smallest absolute Gasteiger partial charge is 0.236 e. The lowest BCUT2D eigenvalue weighted by molar-refractivity contribution is -0.122. The van der Waals surface area contributed by atoms with Gasteiger partial charge in [-0.1, -0.05) is 29.3 Å². The molecule has 3 N–H and O–H groups in total. The van der Waals surface area contributed by atoms with E-state index in [1.54, 1.807) is 19.1 Å².